The number of aryl methyl sites for hydroxylation is 2. The van der Waals surface area contributed by atoms with Gasteiger partial charge in [0, 0.05) is 21.5 Å². The second-order valence-electron chi connectivity index (χ2n) is 7.33. The van der Waals surface area contributed by atoms with Gasteiger partial charge in [0.15, 0.2) is 0 Å². The van der Waals surface area contributed by atoms with Crippen molar-refractivity contribution in [2.24, 2.45) is 0 Å². The molecule has 3 aromatic rings. The number of fused-ring (bicyclic) bond motifs is 2. The zero-order valence-electron chi connectivity index (χ0n) is 14.8. The van der Waals surface area contributed by atoms with E-state index >= 15 is 0 Å². The Labute approximate surface area is 160 Å². The second kappa shape index (κ2) is 6.10. The van der Waals surface area contributed by atoms with E-state index in [9.17, 15) is 10.1 Å². The highest BCUT2D eigenvalue weighted by atomic mass is 79.9. The van der Waals surface area contributed by atoms with E-state index in [1.807, 2.05) is 31.2 Å². The SMILES string of the molecule is Cc1cc2ccc(C(C)(C#N)[C@H]3CCc4ccc(Br)cc43)cc2[nH]c1=O. The molecule has 2 aromatic carbocycles. The number of H-pyrrole nitrogens is 1. The topological polar surface area (TPSA) is 56.6 Å². The van der Waals surface area contributed by atoms with Crippen molar-refractivity contribution in [3.8, 4) is 6.07 Å². The Hall–Kier alpha value is -2.38. The maximum atomic E-state index is 12.0. The molecular weight excluding hydrogens is 388 g/mol. The Morgan fingerprint density at radius 1 is 1.23 bits per heavy atom. The normalized spacial score (nSPS) is 18.3. The van der Waals surface area contributed by atoms with Crippen molar-refractivity contribution in [3.05, 3.63) is 79.5 Å². The molecule has 0 fully saturated rings. The number of aromatic amines is 1. The molecule has 0 aliphatic heterocycles. The van der Waals surface area contributed by atoms with Crippen LogP contribution in [-0.4, -0.2) is 4.98 Å². The molecule has 1 heterocycles. The predicted octanol–water partition coefficient (Wildman–Crippen LogP) is 5.11. The summed E-state index contributed by atoms with van der Waals surface area (Å²) in [5.41, 5.74) is 4.27. The molecule has 130 valence electrons. The predicted molar refractivity (Wildman–Crippen MR) is 107 cm³/mol. The molecule has 4 rings (SSSR count). The molecule has 0 amide bonds. The van der Waals surface area contributed by atoms with E-state index in [1.54, 1.807) is 6.92 Å². The fourth-order valence-electron chi connectivity index (χ4n) is 4.15. The van der Waals surface area contributed by atoms with Crippen molar-refractivity contribution < 1.29 is 0 Å². The first-order chi connectivity index (χ1) is 12.4. The van der Waals surface area contributed by atoms with Crippen LogP contribution in [0.3, 0.4) is 0 Å². The number of benzene rings is 2. The van der Waals surface area contributed by atoms with E-state index in [2.05, 4.69) is 45.2 Å². The van der Waals surface area contributed by atoms with Crippen molar-refractivity contribution in [1.82, 2.24) is 4.98 Å². The summed E-state index contributed by atoms with van der Waals surface area (Å²) >= 11 is 3.56. The molecule has 2 atom stereocenters. The first kappa shape index (κ1) is 17.1. The Morgan fingerprint density at radius 2 is 2.04 bits per heavy atom. The number of hydrogen-bond donors (Lipinski definition) is 1. The maximum absolute atomic E-state index is 12.0. The first-order valence-electron chi connectivity index (χ1n) is 8.76. The number of aromatic nitrogens is 1. The van der Waals surface area contributed by atoms with E-state index < -0.39 is 5.41 Å². The van der Waals surface area contributed by atoms with Crippen LogP contribution in [0.2, 0.25) is 0 Å². The van der Waals surface area contributed by atoms with Crippen molar-refractivity contribution >= 4 is 26.8 Å². The summed E-state index contributed by atoms with van der Waals surface area (Å²) in [6, 6.07) is 16.8. The fraction of sp³-hybridized carbons (Fsp3) is 0.273. The van der Waals surface area contributed by atoms with E-state index in [0.29, 0.717) is 5.56 Å². The molecule has 3 nitrogen and oxygen atoms in total. The van der Waals surface area contributed by atoms with E-state index in [0.717, 1.165) is 33.8 Å². The number of rotatable bonds is 2. The van der Waals surface area contributed by atoms with Crippen LogP contribution in [0.5, 0.6) is 0 Å². The number of nitriles is 1. The standard InChI is InChI=1S/C22H19BrN2O/c1-13-9-15-3-6-16(10-20(15)25-21(13)26)22(2,12-24)19-8-5-14-4-7-17(23)11-18(14)19/h3-4,6-7,9-11,19H,5,8H2,1-2H3,(H,25,26)/t19-,22?/m0/s1. The van der Waals surface area contributed by atoms with Gasteiger partial charge in [0.2, 0.25) is 0 Å². The van der Waals surface area contributed by atoms with Crippen LogP contribution >= 0.6 is 15.9 Å². The minimum atomic E-state index is -0.651. The van der Waals surface area contributed by atoms with Gasteiger partial charge in [-0.1, -0.05) is 34.1 Å². The van der Waals surface area contributed by atoms with Gasteiger partial charge in [-0.2, -0.15) is 5.26 Å². The van der Waals surface area contributed by atoms with Gasteiger partial charge in [-0.25, -0.2) is 0 Å². The van der Waals surface area contributed by atoms with Crippen LogP contribution in [0.4, 0.5) is 0 Å². The molecule has 0 saturated carbocycles. The van der Waals surface area contributed by atoms with E-state index in [-0.39, 0.29) is 11.5 Å². The largest absolute Gasteiger partial charge is 0.322 e. The summed E-state index contributed by atoms with van der Waals surface area (Å²) in [6.45, 7) is 3.82. The summed E-state index contributed by atoms with van der Waals surface area (Å²) in [6.07, 6.45) is 1.95. The highest BCUT2D eigenvalue weighted by molar-refractivity contribution is 9.10. The van der Waals surface area contributed by atoms with Gasteiger partial charge < -0.3 is 4.98 Å². The molecule has 26 heavy (non-hydrogen) atoms. The molecule has 0 bridgehead atoms. The van der Waals surface area contributed by atoms with E-state index in [1.165, 1.54) is 11.1 Å². The van der Waals surface area contributed by atoms with Crippen molar-refractivity contribution in [3.63, 3.8) is 0 Å². The van der Waals surface area contributed by atoms with Gasteiger partial charge >= 0.3 is 0 Å². The highest BCUT2D eigenvalue weighted by Gasteiger charge is 2.41. The lowest BCUT2D eigenvalue weighted by molar-refractivity contribution is 0.469. The highest BCUT2D eigenvalue weighted by Crippen LogP contribution is 2.47. The molecule has 1 aliphatic carbocycles. The van der Waals surface area contributed by atoms with Gasteiger partial charge in [0.05, 0.1) is 11.5 Å². The summed E-state index contributed by atoms with van der Waals surface area (Å²) in [4.78, 5) is 14.9. The van der Waals surface area contributed by atoms with Crippen molar-refractivity contribution in [2.45, 2.75) is 38.0 Å². The van der Waals surface area contributed by atoms with Crippen LogP contribution in [0, 0.1) is 18.3 Å². The Morgan fingerprint density at radius 3 is 2.81 bits per heavy atom. The zero-order valence-corrected chi connectivity index (χ0v) is 16.4. The van der Waals surface area contributed by atoms with Crippen LogP contribution < -0.4 is 5.56 Å². The lowest BCUT2D eigenvalue weighted by Gasteiger charge is -2.30. The lowest BCUT2D eigenvalue weighted by atomic mass is 9.70. The van der Waals surface area contributed by atoms with Crippen molar-refractivity contribution in [2.75, 3.05) is 0 Å². The maximum Gasteiger partial charge on any atom is 0.251 e. The number of nitrogens with one attached hydrogen (secondary N) is 1. The van der Waals surface area contributed by atoms with Crippen LogP contribution in [0.1, 0.15) is 41.5 Å². The molecule has 1 aliphatic rings. The minimum absolute atomic E-state index is 0.0801. The third-order valence-corrected chi connectivity index (χ3v) is 6.24. The average molecular weight is 407 g/mol. The second-order valence-corrected chi connectivity index (χ2v) is 8.25. The van der Waals surface area contributed by atoms with Gasteiger partial charge in [0.25, 0.3) is 5.56 Å². The Kier molecular flexibility index (Phi) is 4.00. The summed E-state index contributed by atoms with van der Waals surface area (Å²) < 4.78 is 1.04. The summed E-state index contributed by atoms with van der Waals surface area (Å²) in [5.74, 6) is 0.134. The minimum Gasteiger partial charge on any atom is -0.322 e. The average Bonchev–Trinajstić information content (AvgIpc) is 3.05. The first-order valence-corrected chi connectivity index (χ1v) is 9.55. The van der Waals surface area contributed by atoms with Gasteiger partial charge in [0.1, 0.15) is 0 Å². The summed E-state index contributed by atoms with van der Waals surface area (Å²) in [5, 5.41) is 11.1. The molecule has 0 spiro atoms. The van der Waals surface area contributed by atoms with Gasteiger partial charge in [-0.3, -0.25) is 4.79 Å². The molecule has 1 unspecified atom stereocenters. The van der Waals surface area contributed by atoms with Crippen LogP contribution in [-0.2, 0) is 11.8 Å². The number of halogens is 1. The smallest absolute Gasteiger partial charge is 0.251 e. The number of hydrogen-bond acceptors (Lipinski definition) is 2. The molecular formula is C22H19BrN2O. The molecule has 1 aromatic heterocycles. The third kappa shape index (κ3) is 2.59. The number of pyridine rings is 1. The van der Waals surface area contributed by atoms with E-state index in [4.69, 9.17) is 0 Å². The summed E-state index contributed by atoms with van der Waals surface area (Å²) in [7, 11) is 0. The van der Waals surface area contributed by atoms with Crippen molar-refractivity contribution in [1.29, 1.82) is 5.26 Å². The molecule has 0 saturated heterocycles. The Balaban J connectivity index is 1.86. The quantitative estimate of drug-likeness (QED) is 0.642. The van der Waals surface area contributed by atoms with Crippen LogP contribution in [0.15, 0.2) is 51.7 Å². The monoisotopic (exact) mass is 406 g/mol. The molecule has 4 heteroatoms. The van der Waals surface area contributed by atoms with Gasteiger partial charge in [-0.05, 0) is 73.0 Å². The van der Waals surface area contributed by atoms with Gasteiger partial charge in [-0.15, -0.1) is 0 Å². The fourth-order valence-corrected chi connectivity index (χ4v) is 4.53. The zero-order chi connectivity index (χ0) is 18.5. The Bertz CT molecular complexity index is 1130. The lowest BCUT2D eigenvalue weighted by Crippen LogP contribution is -2.27. The molecule has 0 radical (unpaired) electrons. The van der Waals surface area contributed by atoms with Crippen LogP contribution in [0.25, 0.3) is 10.9 Å². The number of nitrogens with zero attached hydrogens (tertiary/aromatic N) is 1. The molecule has 1 N–H and O–H groups in total. The third-order valence-electron chi connectivity index (χ3n) is 5.75.